The van der Waals surface area contributed by atoms with Gasteiger partial charge in [-0.1, -0.05) is 37.3 Å². The quantitative estimate of drug-likeness (QED) is 0.795. The largest absolute Gasteiger partial charge is 0.314 e. The summed E-state index contributed by atoms with van der Waals surface area (Å²) in [4.78, 5) is 7.51. The molecule has 1 aromatic carbocycles. The van der Waals surface area contributed by atoms with Crippen LogP contribution in [0.3, 0.4) is 0 Å². The second-order valence-corrected chi connectivity index (χ2v) is 6.84. The molecule has 1 N–H and O–H groups in total. The van der Waals surface area contributed by atoms with Gasteiger partial charge in [0.15, 0.2) is 0 Å². The summed E-state index contributed by atoms with van der Waals surface area (Å²) < 4.78 is 2.32. The molecule has 1 aliphatic rings. The van der Waals surface area contributed by atoms with Gasteiger partial charge in [0.25, 0.3) is 0 Å². The molecule has 2 aromatic heterocycles. The molecule has 0 aliphatic carbocycles. The molecular weight excluding hydrogens is 308 g/mol. The van der Waals surface area contributed by atoms with Gasteiger partial charge in [0.1, 0.15) is 5.65 Å². The fourth-order valence-corrected chi connectivity index (χ4v) is 3.68. The van der Waals surface area contributed by atoms with Crippen molar-refractivity contribution in [1.82, 2.24) is 19.6 Å². The first-order chi connectivity index (χ1) is 12.3. The molecular formula is C21H26N4. The van der Waals surface area contributed by atoms with Gasteiger partial charge in [-0.25, -0.2) is 4.98 Å². The lowest BCUT2D eigenvalue weighted by Gasteiger charge is -2.27. The van der Waals surface area contributed by atoms with Crippen LogP contribution in [0, 0.1) is 6.92 Å². The molecule has 0 unspecified atom stereocenters. The van der Waals surface area contributed by atoms with Crippen LogP contribution in [-0.2, 0) is 13.0 Å². The van der Waals surface area contributed by atoms with Gasteiger partial charge in [-0.3, -0.25) is 9.30 Å². The molecule has 130 valence electrons. The first-order valence-corrected chi connectivity index (χ1v) is 9.25. The molecule has 0 spiro atoms. The van der Waals surface area contributed by atoms with Gasteiger partial charge in [-0.15, -0.1) is 0 Å². The number of imidazole rings is 1. The van der Waals surface area contributed by atoms with Crippen LogP contribution in [0.1, 0.15) is 23.9 Å². The van der Waals surface area contributed by atoms with E-state index >= 15 is 0 Å². The highest BCUT2D eigenvalue weighted by molar-refractivity contribution is 5.67. The van der Waals surface area contributed by atoms with E-state index in [9.17, 15) is 0 Å². The van der Waals surface area contributed by atoms with E-state index in [0.29, 0.717) is 0 Å². The van der Waals surface area contributed by atoms with Crippen molar-refractivity contribution in [3.8, 4) is 11.3 Å². The molecule has 25 heavy (non-hydrogen) atoms. The maximum absolute atomic E-state index is 4.99. The van der Waals surface area contributed by atoms with Gasteiger partial charge in [0.2, 0.25) is 0 Å². The Hall–Kier alpha value is -2.17. The first kappa shape index (κ1) is 16.3. The number of aromatic nitrogens is 2. The van der Waals surface area contributed by atoms with E-state index in [1.54, 1.807) is 0 Å². The van der Waals surface area contributed by atoms with Crippen LogP contribution in [0.4, 0.5) is 0 Å². The summed E-state index contributed by atoms with van der Waals surface area (Å²) in [6.07, 6.45) is 1.07. The Morgan fingerprint density at radius 2 is 1.80 bits per heavy atom. The zero-order valence-corrected chi connectivity index (χ0v) is 15.1. The maximum Gasteiger partial charge on any atom is 0.137 e. The number of pyridine rings is 1. The lowest BCUT2D eigenvalue weighted by atomic mass is 10.1. The molecule has 1 fully saturated rings. The van der Waals surface area contributed by atoms with E-state index in [2.05, 4.69) is 70.9 Å². The van der Waals surface area contributed by atoms with Gasteiger partial charge in [0.05, 0.1) is 11.4 Å². The van der Waals surface area contributed by atoms with Crippen LogP contribution in [0.2, 0.25) is 0 Å². The number of hydrogen-bond acceptors (Lipinski definition) is 3. The van der Waals surface area contributed by atoms with Gasteiger partial charge in [0, 0.05) is 44.0 Å². The zero-order chi connectivity index (χ0) is 17.2. The molecule has 4 heteroatoms. The predicted molar refractivity (Wildman–Crippen MR) is 103 cm³/mol. The maximum atomic E-state index is 4.99. The van der Waals surface area contributed by atoms with Crippen LogP contribution >= 0.6 is 0 Å². The highest BCUT2D eigenvalue weighted by Gasteiger charge is 2.19. The Kier molecular flexibility index (Phi) is 4.55. The number of benzene rings is 1. The van der Waals surface area contributed by atoms with Crippen molar-refractivity contribution in [1.29, 1.82) is 0 Å². The monoisotopic (exact) mass is 334 g/mol. The molecule has 0 saturated carbocycles. The van der Waals surface area contributed by atoms with Gasteiger partial charge >= 0.3 is 0 Å². The highest BCUT2D eigenvalue weighted by atomic mass is 15.2. The Labute approximate surface area is 149 Å². The van der Waals surface area contributed by atoms with Crippen molar-refractivity contribution in [2.75, 3.05) is 26.2 Å². The summed E-state index contributed by atoms with van der Waals surface area (Å²) >= 11 is 0. The number of nitrogens with zero attached hydrogens (tertiary/aromatic N) is 3. The SMILES string of the molecule is CCc1ccc(-c2nc3cccc(C)n3c2CN2CCNCC2)cc1. The number of hydrogen-bond donors (Lipinski definition) is 1. The second kappa shape index (κ2) is 6.98. The van der Waals surface area contributed by atoms with E-state index < -0.39 is 0 Å². The van der Waals surface area contributed by atoms with Crippen LogP contribution < -0.4 is 5.32 Å². The molecule has 1 saturated heterocycles. The number of rotatable bonds is 4. The number of piperazine rings is 1. The van der Waals surface area contributed by atoms with Crippen molar-refractivity contribution in [2.45, 2.75) is 26.8 Å². The molecule has 1 aliphatic heterocycles. The third kappa shape index (κ3) is 3.20. The molecule has 0 amide bonds. The molecule has 0 radical (unpaired) electrons. The summed E-state index contributed by atoms with van der Waals surface area (Å²) in [7, 11) is 0. The van der Waals surface area contributed by atoms with Crippen LogP contribution in [-0.4, -0.2) is 40.5 Å². The van der Waals surface area contributed by atoms with Crippen molar-refractivity contribution >= 4 is 5.65 Å². The number of aryl methyl sites for hydroxylation is 2. The molecule has 3 aromatic rings. The van der Waals surface area contributed by atoms with E-state index in [1.807, 2.05) is 0 Å². The van der Waals surface area contributed by atoms with Gasteiger partial charge < -0.3 is 5.32 Å². The highest BCUT2D eigenvalue weighted by Crippen LogP contribution is 2.27. The minimum atomic E-state index is 0.943. The average molecular weight is 334 g/mol. The van der Waals surface area contributed by atoms with Gasteiger partial charge in [-0.2, -0.15) is 0 Å². The number of nitrogens with one attached hydrogen (secondary N) is 1. The Morgan fingerprint density at radius 3 is 2.52 bits per heavy atom. The van der Waals surface area contributed by atoms with Crippen molar-refractivity contribution in [3.63, 3.8) is 0 Å². The number of fused-ring (bicyclic) bond motifs is 1. The summed E-state index contributed by atoms with van der Waals surface area (Å²) in [5.74, 6) is 0. The Balaban J connectivity index is 1.81. The molecule has 0 bridgehead atoms. The third-order valence-corrected chi connectivity index (χ3v) is 5.15. The lowest BCUT2D eigenvalue weighted by molar-refractivity contribution is 0.230. The molecule has 4 rings (SSSR count). The van der Waals surface area contributed by atoms with E-state index in [1.165, 1.54) is 22.5 Å². The molecule has 3 heterocycles. The first-order valence-electron chi connectivity index (χ1n) is 9.25. The van der Waals surface area contributed by atoms with Crippen molar-refractivity contribution in [2.24, 2.45) is 0 Å². The second-order valence-electron chi connectivity index (χ2n) is 6.84. The fraction of sp³-hybridized carbons (Fsp3) is 0.381. The van der Waals surface area contributed by atoms with Crippen molar-refractivity contribution in [3.05, 3.63) is 59.4 Å². The summed E-state index contributed by atoms with van der Waals surface area (Å²) in [5, 5.41) is 3.44. The summed E-state index contributed by atoms with van der Waals surface area (Å²) in [5.41, 5.74) is 7.29. The van der Waals surface area contributed by atoms with E-state index in [4.69, 9.17) is 4.98 Å². The standard InChI is InChI=1S/C21H26N4/c1-3-17-7-9-18(10-8-17)21-19(15-24-13-11-22-12-14-24)25-16(2)5-4-6-20(25)23-21/h4-10,22H,3,11-15H2,1-2H3. The molecule has 0 atom stereocenters. The summed E-state index contributed by atoms with van der Waals surface area (Å²) in [6, 6.07) is 15.3. The minimum absolute atomic E-state index is 0.943. The molecule has 4 nitrogen and oxygen atoms in total. The zero-order valence-electron chi connectivity index (χ0n) is 15.1. The van der Waals surface area contributed by atoms with Crippen molar-refractivity contribution < 1.29 is 0 Å². The van der Waals surface area contributed by atoms with Crippen LogP contribution in [0.25, 0.3) is 16.9 Å². The topological polar surface area (TPSA) is 32.6 Å². The normalized spacial score (nSPS) is 15.8. The third-order valence-electron chi connectivity index (χ3n) is 5.15. The summed E-state index contributed by atoms with van der Waals surface area (Å²) in [6.45, 7) is 9.62. The minimum Gasteiger partial charge on any atom is -0.314 e. The Bertz CT molecular complexity index is 857. The fourth-order valence-electron chi connectivity index (χ4n) is 3.68. The van der Waals surface area contributed by atoms with Gasteiger partial charge in [-0.05, 0) is 31.0 Å². The van der Waals surface area contributed by atoms with E-state index in [0.717, 1.165) is 50.5 Å². The van der Waals surface area contributed by atoms with E-state index in [-0.39, 0.29) is 0 Å². The average Bonchev–Trinajstić information content (AvgIpc) is 3.02. The van der Waals surface area contributed by atoms with Crippen LogP contribution in [0.15, 0.2) is 42.5 Å². The Morgan fingerprint density at radius 1 is 1.04 bits per heavy atom. The lowest BCUT2D eigenvalue weighted by Crippen LogP contribution is -2.43. The van der Waals surface area contributed by atoms with Crippen LogP contribution in [0.5, 0.6) is 0 Å². The predicted octanol–water partition coefficient (Wildman–Crippen LogP) is 3.28. The smallest absolute Gasteiger partial charge is 0.137 e.